The molecule has 0 aliphatic carbocycles. The van der Waals surface area contributed by atoms with Gasteiger partial charge in [0.1, 0.15) is 6.34 Å². The van der Waals surface area contributed by atoms with Gasteiger partial charge in [-0.1, -0.05) is 6.92 Å². The molecule has 0 rings (SSSR count). The molecule has 52 valence electrons. The molecule has 0 aromatic carbocycles. The van der Waals surface area contributed by atoms with Gasteiger partial charge in [-0.05, 0) is 13.3 Å². The maximum Gasteiger partial charge on any atom is 0.103 e. The third-order valence-corrected chi connectivity index (χ3v) is 1.07. The first kappa shape index (κ1) is 8.14. The summed E-state index contributed by atoms with van der Waals surface area (Å²) in [7, 11) is 0. The first-order valence-electron chi connectivity index (χ1n) is 3.04. The van der Waals surface area contributed by atoms with Crippen LogP contribution in [0.4, 0.5) is 0 Å². The quantitative estimate of drug-likeness (QED) is 0.341. The minimum absolute atomic E-state index is 0.374. The molecule has 0 spiro atoms. The molecule has 0 radical (unpaired) electrons. The summed E-state index contributed by atoms with van der Waals surface area (Å²) >= 11 is 0. The second kappa shape index (κ2) is 5.28. The predicted molar refractivity (Wildman–Crippen MR) is 40.9 cm³/mol. The summed E-state index contributed by atoms with van der Waals surface area (Å²) in [4.78, 5) is 4.06. The van der Waals surface area contributed by atoms with Gasteiger partial charge in [-0.3, -0.25) is 10.4 Å². The van der Waals surface area contributed by atoms with Gasteiger partial charge in [0.15, 0.2) is 0 Å². The van der Waals surface area contributed by atoms with Gasteiger partial charge >= 0.3 is 0 Å². The van der Waals surface area contributed by atoms with Gasteiger partial charge < -0.3 is 0 Å². The Morgan fingerprint density at radius 2 is 2.44 bits per heavy atom. The molecule has 0 saturated carbocycles. The fourth-order valence-electron chi connectivity index (χ4n) is 0.307. The van der Waals surface area contributed by atoms with E-state index in [1.807, 2.05) is 6.92 Å². The van der Waals surface area contributed by atoms with E-state index in [1.54, 1.807) is 6.34 Å². The zero-order valence-corrected chi connectivity index (χ0v) is 5.96. The highest BCUT2D eigenvalue weighted by Crippen LogP contribution is 1.91. The van der Waals surface area contributed by atoms with Crippen LogP contribution in [0, 0.1) is 0 Å². The lowest BCUT2D eigenvalue weighted by molar-refractivity contribution is 0.715. The smallest absolute Gasteiger partial charge is 0.103 e. The van der Waals surface area contributed by atoms with Gasteiger partial charge in [-0.2, -0.15) is 5.10 Å². The van der Waals surface area contributed by atoms with Gasteiger partial charge in [0, 0.05) is 12.8 Å². The lowest BCUT2D eigenvalue weighted by atomic mass is 10.3. The van der Waals surface area contributed by atoms with E-state index >= 15 is 0 Å². The SMILES string of the molecule is C=NNC=NC(C)CC. The van der Waals surface area contributed by atoms with Crippen LogP contribution >= 0.6 is 0 Å². The third kappa shape index (κ3) is 5.00. The van der Waals surface area contributed by atoms with E-state index in [0.717, 1.165) is 6.42 Å². The van der Waals surface area contributed by atoms with Crippen molar-refractivity contribution < 1.29 is 0 Å². The van der Waals surface area contributed by atoms with Gasteiger partial charge in [0.2, 0.25) is 0 Å². The lowest BCUT2D eigenvalue weighted by Gasteiger charge is -1.97. The molecule has 0 aliphatic heterocycles. The average molecular weight is 127 g/mol. The lowest BCUT2D eigenvalue weighted by Crippen LogP contribution is -2.04. The Labute approximate surface area is 55.9 Å². The van der Waals surface area contributed by atoms with E-state index in [4.69, 9.17) is 0 Å². The van der Waals surface area contributed by atoms with Crippen LogP contribution in [0.5, 0.6) is 0 Å². The Bertz CT molecular complexity index is 98.5. The zero-order valence-electron chi connectivity index (χ0n) is 5.96. The van der Waals surface area contributed by atoms with Gasteiger partial charge in [0.05, 0.1) is 0 Å². The number of nitrogens with zero attached hydrogens (tertiary/aromatic N) is 2. The van der Waals surface area contributed by atoms with Crippen LogP contribution < -0.4 is 5.43 Å². The van der Waals surface area contributed by atoms with Crippen molar-refractivity contribution in [2.75, 3.05) is 0 Å². The Balaban J connectivity index is 3.31. The van der Waals surface area contributed by atoms with Crippen molar-refractivity contribution in [1.29, 1.82) is 0 Å². The molecule has 0 heterocycles. The van der Waals surface area contributed by atoms with Crippen molar-refractivity contribution in [3.05, 3.63) is 0 Å². The van der Waals surface area contributed by atoms with Crippen molar-refractivity contribution >= 4 is 13.1 Å². The minimum atomic E-state index is 0.374. The summed E-state index contributed by atoms with van der Waals surface area (Å²) in [5.41, 5.74) is 2.54. The molecule has 1 unspecified atom stereocenters. The Morgan fingerprint density at radius 3 is 2.89 bits per heavy atom. The van der Waals surface area contributed by atoms with Crippen LogP contribution in [-0.4, -0.2) is 19.1 Å². The zero-order chi connectivity index (χ0) is 7.11. The molecular formula is C6H13N3. The summed E-state index contributed by atoms with van der Waals surface area (Å²) in [6.07, 6.45) is 2.61. The van der Waals surface area contributed by atoms with Crippen LogP contribution in [0.1, 0.15) is 20.3 Å². The second-order valence-electron chi connectivity index (χ2n) is 1.82. The molecule has 0 aromatic rings. The normalized spacial score (nSPS) is 13.6. The van der Waals surface area contributed by atoms with Crippen LogP contribution in [0.15, 0.2) is 10.1 Å². The molecule has 0 fully saturated rings. The van der Waals surface area contributed by atoms with Crippen molar-refractivity contribution in [3.8, 4) is 0 Å². The molecule has 0 amide bonds. The molecule has 3 nitrogen and oxygen atoms in total. The predicted octanol–water partition coefficient (Wildman–Crippen LogP) is 1.02. The topological polar surface area (TPSA) is 36.8 Å². The van der Waals surface area contributed by atoms with E-state index in [0.29, 0.717) is 6.04 Å². The average Bonchev–Trinajstić information content (AvgIpc) is 1.89. The van der Waals surface area contributed by atoms with Gasteiger partial charge in [-0.15, -0.1) is 0 Å². The third-order valence-electron chi connectivity index (χ3n) is 1.07. The fraction of sp³-hybridized carbons (Fsp3) is 0.667. The van der Waals surface area contributed by atoms with Crippen LogP contribution in [0.3, 0.4) is 0 Å². The number of hydrazone groups is 1. The Morgan fingerprint density at radius 1 is 1.78 bits per heavy atom. The largest absolute Gasteiger partial charge is 0.271 e. The summed E-state index contributed by atoms with van der Waals surface area (Å²) in [5.74, 6) is 0. The number of hydrogen-bond donors (Lipinski definition) is 1. The highest BCUT2D eigenvalue weighted by molar-refractivity contribution is 5.54. The van der Waals surface area contributed by atoms with E-state index in [1.165, 1.54) is 0 Å². The minimum Gasteiger partial charge on any atom is -0.271 e. The molecule has 0 bridgehead atoms. The molecule has 0 aliphatic rings. The summed E-state index contributed by atoms with van der Waals surface area (Å²) in [5, 5.41) is 3.39. The van der Waals surface area contributed by atoms with Crippen LogP contribution in [-0.2, 0) is 0 Å². The first-order chi connectivity index (χ1) is 4.31. The Kier molecular flexibility index (Phi) is 4.78. The highest BCUT2D eigenvalue weighted by Gasteiger charge is 1.88. The molecule has 0 saturated heterocycles. The summed E-state index contributed by atoms with van der Waals surface area (Å²) in [6, 6.07) is 0.374. The van der Waals surface area contributed by atoms with Crippen molar-refractivity contribution in [3.63, 3.8) is 0 Å². The molecule has 3 heteroatoms. The maximum atomic E-state index is 4.06. The summed E-state index contributed by atoms with van der Waals surface area (Å²) in [6.45, 7) is 7.36. The van der Waals surface area contributed by atoms with Crippen molar-refractivity contribution in [2.24, 2.45) is 10.1 Å². The van der Waals surface area contributed by atoms with E-state index < -0.39 is 0 Å². The summed E-state index contributed by atoms with van der Waals surface area (Å²) < 4.78 is 0. The number of hydrogen-bond acceptors (Lipinski definition) is 2. The van der Waals surface area contributed by atoms with Gasteiger partial charge in [-0.25, -0.2) is 0 Å². The van der Waals surface area contributed by atoms with Crippen LogP contribution in [0.2, 0.25) is 0 Å². The van der Waals surface area contributed by atoms with E-state index in [2.05, 4.69) is 29.2 Å². The molecule has 1 N–H and O–H groups in total. The maximum absolute atomic E-state index is 4.06. The molecule has 1 atom stereocenters. The Hall–Kier alpha value is -0.860. The highest BCUT2D eigenvalue weighted by atomic mass is 15.3. The standard InChI is InChI=1S/C6H13N3/c1-4-6(2)8-5-9-7-3/h5-6H,3-4H2,1-2H3,(H,8,9). The number of aliphatic imine (C=N–C) groups is 1. The molecule has 9 heavy (non-hydrogen) atoms. The van der Waals surface area contributed by atoms with Gasteiger partial charge in [0.25, 0.3) is 0 Å². The van der Waals surface area contributed by atoms with E-state index in [-0.39, 0.29) is 0 Å². The molecular weight excluding hydrogens is 114 g/mol. The molecule has 0 aromatic heterocycles. The van der Waals surface area contributed by atoms with E-state index in [9.17, 15) is 0 Å². The monoisotopic (exact) mass is 127 g/mol. The number of nitrogens with one attached hydrogen (secondary N) is 1. The fourth-order valence-corrected chi connectivity index (χ4v) is 0.307. The number of rotatable bonds is 4. The van der Waals surface area contributed by atoms with Crippen molar-refractivity contribution in [2.45, 2.75) is 26.3 Å². The van der Waals surface area contributed by atoms with Crippen molar-refractivity contribution in [1.82, 2.24) is 5.43 Å². The van der Waals surface area contributed by atoms with Crippen LogP contribution in [0.25, 0.3) is 0 Å². The second-order valence-corrected chi connectivity index (χ2v) is 1.82. The first-order valence-corrected chi connectivity index (χ1v) is 3.04.